The number of nitrogens with zero attached hydrogens (tertiary/aromatic N) is 3. The van der Waals surface area contributed by atoms with Gasteiger partial charge in [-0.25, -0.2) is 9.18 Å². The molecule has 1 saturated heterocycles. The number of carbonyl (C=O) groups is 1. The highest BCUT2D eigenvalue weighted by Crippen LogP contribution is 2.50. The molecule has 4 aromatic rings. The SMILES string of the molecule is COCCSc1ccc(-c2ccc(OCCC(C)(C)C3(COc4ccc(-c5ccc(Br)cc5F)nc4)CCN(C(=O)OC(C)C)CC3)cn2)cc1. The number of hydrogen-bond donors (Lipinski definition) is 0. The van der Waals surface area contributed by atoms with E-state index in [1.807, 2.05) is 32.0 Å². The zero-order valence-corrected chi connectivity index (χ0v) is 32.4. The fourth-order valence-corrected chi connectivity index (χ4v) is 7.39. The molecule has 51 heavy (non-hydrogen) atoms. The van der Waals surface area contributed by atoms with Crippen LogP contribution in [0.2, 0.25) is 0 Å². The first-order chi connectivity index (χ1) is 24.5. The number of benzene rings is 2. The smallest absolute Gasteiger partial charge is 0.410 e. The molecule has 1 amide bonds. The van der Waals surface area contributed by atoms with E-state index >= 15 is 0 Å². The maximum Gasteiger partial charge on any atom is 0.410 e. The third-order valence-corrected chi connectivity index (χ3v) is 11.1. The highest BCUT2D eigenvalue weighted by molar-refractivity contribution is 9.10. The molecule has 0 spiro atoms. The van der Waals surface area contributed by atoms with Crippen LogP contribution in [0, 0.1) is 16.6 Å². The summed E-state index contributed by atoms with van der Waals surface area (Å²) in [4.78, 5) is 24.9. The molecule has 0 N–H and O–H groups in total. The Morgan fingerprint density at radius 2 is 1.61 bits per heavy atom. The number of amides is 1. The Bertz CT molecular complexity index is 1710. The first-order valence-electron chi connectivity index (χ1n) is 17.3. The fourth-order valence-electron chi connectivity index (χ4n) is 6.24. The molecule has 0 saturated carbocycles. The van der Waals surface area contributed by atoms with Crippen LogP contribution in [0.4, 0.5) is 9.18 Å². The fraction of sp³-hybridized carbons (Fsp3) is 0.425. The van der Waals surface area contributed by atoms with Gasteiger partial charge in [0.25, 0.3) is 0 Å². The van der Waals surface area contributed by atoms with Gasteiger partial charge < -0.3 is 23.8 Å². The number of thioether (sulfide) groups is 1. The van der Waals surface area contributed by atoms with Crippen molar-refractivity contribution in [2.75, 3.05) is 45.8 Å². The molecule has 272 valence electrons. The van der Waals surface area contributed by atoms with Gasteiger partial charge in [-0.15, -0.1) is 11.8 Å². The Morgan fingerprint density at radius 3 is 2.22 bits per heavy atom. The van der Waals surface area contributed by atoms with E-state index in [1.165, 1.54) is 11.0 Å². The largest absolute Gasteiger partial charge is 0.492 e. The normalized spacial score (nSPS) is 14.4. The Morgan fingerprint density at radius 1 is 0.941 bits per heavy atom. The van der Waals surface area contributed by atoms with Gasteiger partial charge in [-0.05, 0) is 93.1 Å². The van der Waals surface area contributed by atoms with Crippen LogP contribution in [0.3, 0.4) is 0 Å². The second kappa shape index (κ2) is 17.7. The number of ether oxygens (including phenoxy) is 4. The Hall–Kier alpha value is -3.67. The van der Waals surface area contributed by atoms with Crippen LogP contribution in [0.25, 0.3) is 22.5 Å². The van der Waals surface area contributed by atoms with E-state index in [9.17, 15) is 9.18 Å². The van der Waals surface area contributed by atoms with Crippen molar-refractivity contribution >= 4 is 33.8 Å². The van der Waals surface area contributed by atoms with Gasteiger partial charge in [0.1, 0.15) is 17.3 Å². The van der Waals surface area contributed by atoms with Crippen molar-refractivity contribution in [2.45, 2.75) is 58.0 Å². The number of carbonyl (C=O) groups excluding carboxylic acids is 1. The maximum absolute atomic E-state index is 14.6. The summed E-state index contributed by atoms with van der Waals surface area (Å²) in [6.07, 6.45) is 5.19. The second-order valence-corrected chi connectivity index (χ2v) is 15.8. The molecule has 0 radical (unpaired) electrons. The number of hydrogen-bond acceptors (Lipinski definition) is 8. The lowest BCUT2D eigenvalue weighted by Gasteiger charge is -2.51. The average Bonchev–Trinajstić information content (AvgIpc) is 3.11. The van der Waals surface area contributed by atoms with Crippen molar-refractivity contribution in [3.63, 3.8) is 0 Å². The minimum atomic E-state index is -0.346. The molecule has 0 bridgehead atoms. The molecule has 2 aromatic carbocycles. The molecule has 5 rings (SSSR count). The number of pyridine rings is 2. The van der Waals surface area contributed by atoms with Gasteiger partial charge in [-0.2, -0.15) is 0 Å². The number of aromatic nitrogens is 2. The summed E-state index contributed by atoms with van der Waals surface area (Å²) in [5.74, 6) is 1.89. The summed E-state index contributed by atoms with van der Waals surface area (Å²) in [6, 6.07) is 20.9. The summed E-state index contributed by atoms with van der Waals surface area (Å²) in [5, 5.41) is 0. The summed E-state index contributed by atoms with van der Waals surface area (Å²) in [7, 11) is 1.71. The van der Waals surface area contributed by atoms with E-state index in [4.69, 9.17) is 18.9 Å². The number of rotatable bonds is 15. The number of methoxy groups -OCH3 is 1. The zero-order valence-electron chi connectivity index (χ0n) is 30.0. The molecule has 2 aromatic heterocycles. The summed E-state index contributed by atoms with van der Waals surface area (Å²) in [5.41, 5.74) is 2.41. The van der Waals surface area contributed by atoms with Crippen molar-refractivity contribution in [3.8, 4) is 34.0 Å². The standard InChI is InChI=1S/C40H47BrFN3O5S/c1-28(2)50-38(46)45-19-16-40(17-20-45,27-49-32-10-15-37(44-26-32)34-13-8-30(41)24-35(34)42)39(3,4)18-21-48-31-9-14-36(43-25-31)29-6-11-33(12-7-29)51-23-22-47-5/h6-15,24-26,28H,16-23,27H2,1-5H3. The molecule has 1 aliphatic heterocycles. The van der Waals surface area contributed by atoms with Crippen molar-refractivity contribution in [1.29, 1.82) is 0 Å². The van der Waals surface area contributed by atoms with Crippen LogP contribution in [0.15, 0.2) is 88.5 Å². The van der Waals surface area contributed by atoms with Crippen molar-refractivity contribution in [3.05, 3.63) is 89.4 Å². The topological polar surface area (TPSA) is 83.0 Å². The van der Waals surface area contributed by atoms with E-state index in [0.717, 1.165) is 42.9 Å². The zero-order chi connectivity index (χ0) is 36.4. The van der Waals surface area contributed by atoms with Crippen LogP contribution in [-0.2, 0) is 9.47 Å². The van der Waals surface area contributed by atoms with Gasteiger partial charge in [0, 0.05) is 51.9 Å². The van der Waals surface area contributed by atoms with Crippen molar-refractivity contribution in [1.82, 2.24) is 14.9 Å². The van der Waals surface area contributed by atoms with Crippen LogP contribution in [-0.4, -0.2) is 72.8 Å². The van der Waals surface area contributed by atoms with Crippen LogP contribution in [0.5, 0.6) is 11.5 Å². The van der Waals surface area contributed by atoms with Crippen molar-refractivity contribution in [2.24, 2.45) is 10.8 Å². The highest BCUT2D eigenvalue weighted by atomic mass is 79.9. The lowest BCUT2D eigenvalue weighted by Crippen LogP contribution is -2.52. The van der Waals surface area contributed by atoms with Gasteiger partial charge in [0.15, 0.2) is 0 Å². The van der Waals surface area contributed by atoms with E-state index in [1.54, 1.807) is 54.4 Å². The average molecular weight is 781 g/mol. The molecule has 1 aliphatic rings. The highest BCUT2D eigenvalue weighted by Gasteiger charge is 2.48. The molecule has 0 unspecified atom stereocenters. The minimum absolute atomic E-state index is 0.179. The molecular weight excluding hydrogens is 733 g/mol. The van der Waals surface area contributed by atoms with Crippen LogP contribution < -0.4 is 9.47 Å². The van der Waals surface area contributed by atoms with Gasteiger partial charge >= 0.3 is 6.09 Å². The maximum atomic E-state index is 14.6. The van der Waals surface area contributed by atoms with Gasteiger partial charge in [-0.3, -0.25) is 9.97 Å². The van der Waals surface area contributed by atoms with Crippen molar-refractivity contribution < 1.29 is 28.1 Å². The van der Waals surface area contributed by atoms with Gasteiger partial charge in [0.2, 0.25) is 0 Å². The van der Waals surface area contributed by atoms with Gasteiger partial charge in [0.05, 0.1) is 49.7 Å². The Labute approximate surface area is 313 Å². The summed E-state index contributed by atoms with van der Waals surface area (Å²) >= 11 is 5.07. The van der Waals surface area contributed by atoms with E-state index < -0.39 is 0 Å². The van der Waals surface area contributed by atoms with Gasteiger partial charge in [-0.1, -0.05) is 41.9 Å². The molecule has 8 nitrogen and oxygen atoms in total. The number of likely N-dealkylation sites (tertiary alicyclic amines) is 1. The predicted molar refractivity (Wildman–Crippen MR) is 204 cm³/mol. The summed E-state index contributed by atoms with van der Waals surface area (Å²) in [6.45, 7) is 11.0. The Balaban J connectivity index is 1.23. The third kappa shape index (κ3) is 10.2. The lowest BCUT2D eigenvalue weighted by atomic mass is 9.59. The van der Waals surface area contributed by atoms with Crippen LogP contribution in [0.1, 0.15) is 47.0 Å². The molecule has 11 heteroatoms. The van der Waals surface area contributed by atoms with E-state index in [-0.39, 0.29) is 28.8 Å². The number of piperidine rings is 1. The third-order valence-electron chi connectivity index (χ3n) is 9.65. The second-order valence-electron chi connectivity index (χ2n) is 13.7. The molecule has 0 aliphatic carbocycles. The van der Waals surface area contributed by atoms with Crippen LogP contribution >= 0.6 is 27.7 Å². The number of halogens is 2. The molecule has 3 heterocycles. The minimum Gasteiger partial charge on any atom is -0.492 e. The first-order valence-corrected chi connectivity index (χ1v) is 19.1. The monoisotopic (exact) mass is 779 g/mol. The Kier molecular flexibility index (Phi) is 13.4. The van der Waals surface area contributed by atoms with E-state index in [0.29, 0.717) is 53.5 Å². The first kappa shape index (κ1) is 38.6. The lowest BCUT2D eigenvalue weighted by molar-refractivity contribution is -0.0498. The molecule has 0 atom stereocenters. The van der Waals surface area contributed by atoms with E-state index in [2.05, 4.69) is 64.0 Å². The molecule has 1 fully saturated rings. The summed E-state index contributed by atoms with van der Waals surface area (Å²) < 4.78 is 38.5. The quantitative estimate of drug-likeness (QED) is 0.0872. The molecular formula is C40H47BrFN3O5S. The predicted octanol–water partition coefficient (Wildman–Crippen LogP) is 9.95.